The molecule has 0 saturated carbocycles. The lowest BCUT2D eigenvalue weighted by Gasteiger charge is -2.43. The Morgan fingerprint density at radius 2 is 2.00 bits per heavy atom. The van der Waals surface area contributed by atoms with E-state index in [1.54, 1.807) is 35.2 Å². The quantitative estimate of drug-likeness (QED) is 0.497. The number of hydrogen-bond acceptors (Lipinski definition) is 7. The minimum atomic E-state index is -4.04. The van der Waals surface area contributed by atoms with Crippen molar-refractivity contribution in [2.45, 2.75) is 42.1 Å². The second-order valence-corrected chi connectivity index (χ2v) is 13.5. The van der Waals surface area contributed by atoms with Gasteiger partial charge in [-0.3, -0.25) is 14.4 Å². The van der Waals surface area contributed by atoms with E-state index in [9.17, 15) is 22.8 Å². The van der Waals surface area contributed by atoms with E-state index in [2.05, 4.69) is 9.71 Å². The number of likely N-dealkylation sites (tertiary alicyclic amines) is 2. The van der Waals surface area contributed by atoms with Gasteiger partial charge >= 0.3 is 0 Å². The van der Waals surface area contributed by atoms with Gasteiger partial charge in [0.1, 0.15) is 6.04 Å². The number of thiazole rings is 1. The number of amides is 2. The average Bonchev–Trinajstić information content (AvgIpc) is 3.31. The summed E-state index contributed by atoms with van der Waals surface area (Å²) in [7, 11) is -4.04. The van der Waals surface area contributed by atoms with Crippen LogP contribution in [0.15, 0.2) is 45.5 Å². The van der Waals surface area contributed by atoms with Gasteiger partial charge in [-0.15, -0.1) is 11.3 Å². The van der Waals surface area contributed by atoms with E-state index in [4.69, 9.17) is 11.6 Å². The Kier molecular flexibility index (Phi) is 6.53. The summed E-state index contributed by atoms with van der Waals surface area (Å²) in [6.45, 7) is 1.91. The summed E-state index contributed by atoms with van der Waals surface area (Å²) in [5, 5.41) is 0.456. The molecule has 1 N–H and O–H groups in total. The maximum atomic E-state index is 13.3. The van der Waals surface area contributed by atoms with E-state index in [0.717, 1.165) is 23.5 Å². The van der Waals surface area contributed by atoms with Gasteiger partial charge < -0.3 is 14.4 Å². The predicted molar refractivity (Wildman–Crippen MR) is 143 cm³/mol. The van der Waals surface area contributed by atoms with Crippen molar-refractivity contribution in [1.29, 1.82) is 0 Å². The first kappa shape index (κ1) is 25.5. The third-order valence-electron chi connectivity index (χ3n) is 7.55. The fraction of sp³-hybridized carbons (Fsp3) is 0.440. The molecule has 3 aliphatic heterocycles. The number of halogens is 1. The van der Waals surface area contributed by atoms with E-state index < -0.39 is 22.0 Å². The van der Waals surface area contributed by atoms with Gasteiger partial charge in [0.05, 0.1) is 16.8 Å². The van der Waals surface area contributed by atoms with Crippen LogP contribution in [-0.2, 0) is 26.2 Å². The minimum absolute atomic E-state index is 0.0148. The molecule has 3 aromatic rings. The Hall–Kier alpha value is -2.80. The summed E-state index contributed by atoms with van der Waals surface area (Å²) in [6.07, 6.45) is 1.85. The molecule has 1 unspecified atom stereocenters. The van der Waals surface area contributed by atoms with Crippen LogP contribution in [0.2, 0.25) is 5.02 Å². The van der Waals surface area contributed by atoms with Gasteiger partial charge in [0.2, 0.25) is 16.2 Å². The van der Waals surface area contributed by atoms with Gasteiger partial charge in [0.25, 0.3) is 15.6 Å². The molecule has 10 nitrogen and oxygen atoms in total. The minimum Gasteiger partial charge on any atom is -0.340 e. The van der Waals surface area contributed by atoms with Gasteiger partial charge in [-0.25, -0.2) is 13.4 Å². The van der Waals surface area contributed by atoms with Gasteiger partial charge in [-0.2, -0.15) is 4.72 Å². The van der Waals surface area contributed by atoms with Crippen molar-refractivity contribution in [2.75, 3.05) is 26.2 Å². The zero-order valence-corrected chi connectivity index (χ0v) is 22.8. The SMILES string of the molecule is O=C(CN1CCC[C@H](NS(=O)(=O)c2nc3cc(Cl)ccc3s2)C1=O)N1CC2C[C@H](C1)Cn1c2cccc1=O. The van der Waals surface area contributed by atoms with Crippen molar-refractivity contribution < 1.29 is 18.0 Å². The van der Waals surface area contributed by atoms with Gasteiger partial charge in [0.15, 0.2) is 0 Å². The third kappa shape index (κ3) is 4.74. The van der Waals surface area contributed by atoms with Gasteiger partial charge in [-0.1, -0.05) is 17.7 Å². The summed E-state index contributed by atoms with van der Waals surface area (Å²) < 4.78 is 31.0. The highest BCUT2D eigenvalue weighted by atomic mass is 35.5. The molecule has 2 saturated heterocycles. The van der Waals surface area contributed by atoms with Crippen molar-refractivity contribution in [1.82, 2.24) is 24.1 Å². The molecular formula is C25H26ClN5O5S2. The summed E-state index contributed by atoms with van der Waals surface area (Å²) in [4.78, 5) is 46.2. The van der Waals surface area contributed by atoms with E-state index in [1.165, 1.54) is 4.90 Å². The largest absolute Gasteiger partial charge is 0.340 e. The highest BCUT2D eigenvalue weighted by molar-refractivity contribution is 7.91. The van der Waals surface area contributed by atoms with E-state index >= 15 is 0 Å². The smallest absolute Gasteiger partial charge is 0.268 e. The first-order valence-corrected chi connectivity index (χ1v) is 15.2. The van der Waals surface area contributed by atoms with Crippen molar-refractivity contribution in [3.05, 3.63) is 57.5 Å². The van der Waals surface area contributed by atoms with E-state index in [-0.39, 0.29) is 34.2 Å². The topological polar surface area (TPSA) is 122 Å². The molecule has 38 heavy (non-hydrogen) atoms. The van der Waals surface area contributed by atoms with Crippen molar-refractivity contribution >= 4 is 55.0 Å². The molecular weight excluding hydrogens is 550 g/mol. The van der Waals surface area contributed by atoms with Crippen molar-refractivity contribution in [3.8, 4) is 0 Å². The average molecular weight is 576 g/mol. The molecule has 0 radical (unpaired) electrons. The molecule has 13 heteroatoms. The summed E-state index contributed by atoms with van der Waals surface area (Å²) in [5.41, 5.74) is 1.41. The Labute approximate surface area is 228 Å². The number of aromatic nitrogens is 2. The van der Waals surface area contributed by atoms with Crippen LogP contribution >= 0.6 is 22.9 Å². The second kappa shape index (κ2) is 9.74. The lowest BCUT2D eigenvalue weighted by Crippen LogP contribution is -2.56. The van der Waals surface area contributed by atoms with E-state index in [0.29, 0.717) is 54.3 Å². The molecule has 3 aliphatic rings. The fourth-order valence-electron chi connectivity index (χ4n) is 5.80. The van der Waals surface area contributed by atoms with Crippen LogP contribution in [0.3, 0.4) is 0 Å². The standard InChI is InChI=1S/C25H26ClN5O5S2/c26-17-6-7-21-19(10-17)27-25(37-21)38(35,36)28-18-3-2-8-29(24(18)34)14-23(33)30-11-15-9-16(13-30)20-4-1-5-22(32)31(20)12-15/h1,4-7,10,15-16,18,28H,2-3,8-9,11-14H2/t15-,16?,18+/m1/s1. The number of carbonyl (C=O) groups excluding carboxylic acids is 2. The Balaban J connectivity index is 1.13. The predicted octanol–water partition coefficient (Wildman–Crippen LogP) is 2.03. The molecule has 0 spiro atoms. The number of sulfonamides is 1. The number of fused-ring (bicyclic) bond motifs is 5. The maximum Gasteiger partial charge on any atom is 0.268 e. The number of piperidine rings is 2. The van der Waals surface area contributed by atoms with Crippen LogP contribution < -0.4 is 10.3 Å². The third-order valence-corrected chi connectivity index (χ3v) is 10.7. The summed E-state index contributed by atoms with van der Waals surface area (Å²) in [5.74, 6) is -0.302. The number of hydrogen-bond donors (Lipinski definition) is 1. The molecule has 1 aromatic carbocycles. The van der Waals surface area contributed by atoms with Crippen LogP contribution in [0, 0.1) is 5.92 Å². The molecule has 2 bridgehead atoms. The number of benzene rings is 1. The molecule has 2 aromatic heterocycles. The lowest BCUT2D eigenvalue weighted by molar-refractivity contribution is -0.144. The Morgan fingerprint density at radius 3 is 2.84 bits per heavy atom. The molecule has 2 amide bonds. The van der Waals surface area contributed by atoms with Crippen molar-refractivity contribution in [3.63, 3.8) is 0 Å². The molecule has 5 heterocycles. The number of rotatable bonds is 5. The zero-order valence-electron chi connectivity index (χ0n) is 20.4. The maximum absolute atomic E-state index is 13.3. The van der Waals surface area contributed by atoms with Crippen LogP contribution in [-0.4, -0.2) is 71.8 Å². The second-order valence-electron chi connectivity index (χ2n) is 10.2. The van der Waals surface area contributed by atoms with Gasteiger partial charge in [0, 0.05) is 48.9 Å². The number of nitrogens with zero attached hydrogens (tertiary/aromatic N) is 4. The molecule has 200 valence electrons. The van der Waals surface area contributed by atoms with E-state index in [1.807, 2.05) is 10.6 Å². The van der Waals surface area contributed by atoms with Gasteiger partial charge in [-0.05, 0) is 49.4 Å². The van der Waals surface area contributed by atoms with Crippen LogP contribution in [0.25, 0.3) is 10.2 Å². The fourth-order valence-corrected chi connectivity index (χ4v) is 8.41. The first-order chi connectivity index (χ1) is 18.2. The Bertz CT molecular complexity index is 1600. The first-order valence-electron chi connectivity index (χ1n) is 12.5. The lowest BCUT2D eigenvalue weighted by atomic mass is 9.83. The monoisotopic (exact) mass is 575 g/mol. The number of carbonyl (C=O) groups is 2. The van der Waals surface area contributed by atoms with Crippen molar-refractivity contribution in [2.24, 2.45) is 5.92 Å². The highest BCUT2D eigenvalue weighted by Crippen LogP contribution is 2.35. The van der Waals surface area contributed by atoms with Crippen LogP contribution in [0.1, 0.15) is 30.9 Å². The number of nitrogens with one attached hydrogen (secondary N) is 1. The molecule has 6 rings (SSSR count). The Morgan fingerprint density at radius 1 is 1.16 bits per heavy atom. The molecule has 0 aliphatic carbocycles. The van der Waals surface area contributed by atoms with Crippen LogP contribution in [0.4, 0.5) is 0 Å². The summed E-state index contributed by atoms with van der Waals surface area (Å²) >= 11 is 7.00. The highest BCUT2D eigenvalue weighted by Gasteiger charge is 2.39. The summed E-state index contributed by atoms with van der Waals surface area (Å²) in [6, 6.07) is 9.27. The normalized spacial score (nSPS) is 23.5. The number of pyridine rings is 1. The molecule has 3 atom stereocenters. The molecule has 2 fully saturated rings. The van der Waals surface area contributed by atoms with Crippen LogP contribution in [0.5, 0.6) is 0 Å². The zero-order chi connectivity index (χ0) is 26.6.